The summed E-state index contributed by atoms with van der Waals surface area (Å²) in [4.78, 5) is 0. The van der Waals surface area contributed by atoms with E-state index in [4.69, 9.17) is 0 Å². The van der Waals surface area contributed by atoms with Crippen LogP contribution in [0.25, 0.3) is 10.9 Å². The Morgan fingerprint density at radius 3 is 2.50 bits per heavy atom. The Labute approximate surface area is 141 Å². The van der Waals surface area contributed by atoms with E-state index in [-0.39, 0.29) is 5.82 Å². The summed E-state index contributed by atoms with van der Waals surface area (Å²) in [5.41, 5.74) is 3.26. The Kier molecular flexibility index (Phi) is 5.02. The Hall–Kier alpha value is -2.11. The monoisotopic (exact) mass is 325 g/mol. The van der Waals surface area contributed by atoms with Gasteiger partial charge in [-0.2, -0.15) is 0 Å². The van der Waals surface area contributed by atoms with E-state index in [9.17, 15) is 14.4 Å². The van der Waals surface area contributed by atoms with E-state index in [1.165, 1.54) is 6.07 Å². The minimum absolute atomic E-state index is 0.186. The van der Waals surface area contributed by atoms with Crippen LogP contribution >= 0.6 is 0 Å². The van der Waals surface area contributed by atoms with Gasteiger partial charge in [-0.15, -0.1) is 0 Å². The molecule has 1 heterocycles. The van der Waals surface area contributed by atoms with Crippen molar-refractivity contribution in [1.29, 1.82) is 0 Å². The van der Waals surface area contributed by atoms with E-state index in [1.807, 2.05) is 24.3 Å². The first-order valence-corrected chi connectivity index (χ1v) is 8.31. The number of para-hydroxylation sites is 1. The van der Waals surface area contributed by atoms with Crippen LogP contribution in [0.2, 0.25) is 0 Å². The van der Waals surface area contributed by atoms with Gasteiger partial charge in [-0.05, 0) is 29.6 Å². The van der Waals surface area contributed by atoms with Crippen LogP contribution in [-0.4, -0.2) is 21.7 Å². The second-order valence-corrected chi connectivity index (χ2v) is 6.11. The highest BCUT2D eigenvalue weighted by Gasteiger charge is 2.14. The summed E-state index contributed by atoms with van der Waals surface area (Å²) < 4.78 is 16.4. The predicted molar refractivity (Wildman–Crippen MR) is 95.9 cm³/mol. The van der Waals surface area contributed by atoms with E-state index in [0.29, 0.717) is 17.4 Å². The fourth-order valence-electron chi connectivity index (χ4n) is 3.07. The highest BCUT2D eigenvalue weighted by atomic mass is 19.1. The summed E-state index contributed by atoms with van der Waals surface area (Å²) in [7, 11) is -1.45. The molecule has 0 atom stereocenters. The van der Waals surface area contributed by atoms with Crippen molar-refractivity contribution in [2.24, 2.45) is 0 Å². The molecule has 0 saturated carbocycles. The number of aromatic nitrogens is 1. The highest BCUT2D eigenvalue weighted by Crippen LogP contribution is 2.25. The third-order valence-electron chi connectivity index (χ3n) is 4.36. The Morgan fingerprint density at radius 2 is 1.83 bits per heavy atom. The maximum Gasteiger partial charge on any atom is 0.488 e. The molecule has 124 valence electrons. The maximum atomic E-state index is 14.3. The van der Waals surface area contributed by atoms with Crippen molar-refractivity contribution in [3.63, 3.8) is 0 Å². The van der Waals surface area contributed by atoms with Crippen molar-refractivity contribution in [2.75, 3.05) is 0 Å². The normalized spacial score (nSPS) is 11.2. The molecule has 0 unspecified atom stereocenters. The zero-order valence-corrected chi connectivity index (χ0v) is 13.7. The fourth-order valence-corrected chi connectivity index (χ4v) is 3.07. The number of nitrogens with zero attached hydrogens (tertiary/aromatic N) is 1. The number of hydrogen-bond donors (Lipinski definition) is 2. The molecule has 0 spiro atoms. The van der Waals surface area contributed by atoms with Crippen LogP contribution in [0.5, 0.6) is 0 Å². The van der Waals surface area contributed by atoms with Gasteiger partial charge in [0.05, 0.1) is 5.52 Å². The van der Waals surface area contributed by atoms with Crippen molar-refractivity contribution in [3.05, 3.63) is 65.6 Å². The zero-order chi connectivity index (χ0) is 17.1. The van der Waals surface area contributed by atoms with Crippen LogP contribution in [0, 0.1) is 5.82 Å². The first-order chi connectivity index (χ1) is 11.6. The molecule has 0 bridgehead atoms. The van der Waals surface area contributed by atoms with Gasteiger partial charge in [0.2, 0.25) is 0 Å². The van der Waals surface area contributed by atoms with Crippen LogP contribution in [0.3, 0.4) is 0 Å². The van der Waals surface area contributed by atoms with Gasteiger partial charge >= 0.3 is 7.12 Å². The SMILES string of the molecule is CCCCn1c(Cc2ccc(B(O)O)cc2)cc2cccc(F)c21. The zero-order valence-electron chi connectivity index (χ0n) is 13.7. The van der Waals surface area contributed by atoms with E-state index in [1.54, 1.807) is 18.2 Å². The Balaban J connectivity index is 1.97. The van der Waals surface area contributed by atoms with Crippen molar-refractivity contribution < 1.29 is 14.4 Å². The molecule has 1 aromatic heterocycles. The average Bonchev–Trinajstić information content (AvgIpc) is 2.92. The van der Waals surface area contributed by atoms with E-state index in [2.05, 4.69) is 11.5 Å². The highest BCUT2D eigenvalue weighted by molar-refractivity contribution is 6.58. The first-order valence-electron chi connectivity index (χ1n) is 8.31. The molecule has 24 heavy (non-hydrogen) atoms. The largest absolute Gasteiger partial charge is 0.488 e. The van der Waals surface area contributed by atoms with Crippen molar-refractivity contribution in [2.45, 2.75) is 32.7 Å². The summed E-state index contributed by atoms with van der Waals surface area (Å²) >= 11 is 0. The van der Waals surface area contributed by atoms with Crippen LogP contribution in [0.15, 0.2) is 48.5 Å². The number of fused-ring (bicyclic) bond motifs is 1. The van der Waals surface area contributed by atoms with Gasteiger partial charge in [0, 0.05) is 24.0 Å². The molecular weight excluding hydrogens is 304 g/mol. The maximum absolute atomic E-state index is 14.3. The molecule has 0 saturated heterocycles. The Bertz CT molecular complexity index is 827. The fraction of sp³-hybridized carbons (Fsp3) is 0.263. The molecule has 2 N–H and O–H groups in total. The summed E-state index contributed by atoms with van der Waals surface area (Å²) in [5.74, 6) is -0.186. The number of unbranched alkanes of at least 4 members (excludes halogenated alkanes) is 1. The van der Waals surface area contributed by atoms with E-state index in [0.717, 1.165) is 36.0 Å². The summed E-state index contributed by atoms with van der Waals surface area (Å²) in [6.45, 7) is 2.92. The van der Waals surface area contributed by atoms with Gasteiger partial charge in [0.1, 0.15) is 5.82 Å². The number of hydrogen-bond acceptors (Lipinski definition) is 2. The summed E-state index contributed by atoms with van der Waals surface area (Å²) in [6.07, 6.45) is 2.73. The van der Waals surface area contributed by atoms with Crippen LogP contribution < -0.4 is 5.46 Å². The van der Waals surface area contributed by atoms with Gasteiger partial charge in [0.15, 0.2) is 0 Å². The number of rotatable bonds is 6. The lowest BCUT2D eigenvalue weighted by atomic mass is 9.80. The van der Waals surface area contributed by atoms with Crippen molar-refractivity contribution >= 4 is 23.5 Å². The molecule has 0 aliphatic heterocycles. The molecule has 0 amide bonds. The molecule has 0 aliphatic carbocycles. The van der Waals surface area contributed by atoms with Gasteiger partial charge < -0.3 is 14.6 Å². The lowest BCUT2D eigenvalue weighted by molar-refractivity contribution is 0.426. The first kappa shape index (κ1) is 16.7. The predicted octanol–water partition coefficient (Wildman–Crippen LogP) is 2.85. The number of benzene rings is 2. The van der Waals surface area contributed by atoms with Crippen molar-refractivity contribution in [3.8, 4) is 0 Å². The van der Waals surface area contributed by atoms with E-state index < -0.39 is 7.12 Å². The van der Waals surface area contributed by atoms with Gasteiger partial charge in [-0.1, -0.05) is 49.7 Å². The second-order valence-electron chi connectivity index (χ2n) is 6.11. The lowest BCUT2D eigenvalue weighted by Gasteiger charge is -2.11. The molecule has 3 nitrogen and oxygen atoms in total. The quantitative estimate of drug-likeness (QED) is 0.685. The molecule has 0 fully saturated rings. The molecule has 3 rings (SSSR count). The third-order valence-corrected chi connectivity index (χ3v) is 4.36. The molecule has 5 heteroatoms. The standard InChI is InChI=1S/C19H21BFNO2/c1-2-3-11-22-17(13-15-5-4-6-18(21)19(15)22)12-14-7-9-16(10-8-14)20(23)24/h4-10,13,23-24H,2-3,11-12H2,1H3. The second kappa shape index (κ2) is 7.20. The van der Waals surface area contributed by atoms with Crippen LogP contribution in [0.4, 0.5) is 4.39 Å². The lowest BCUT2D eigenvalue weighted by Crippen LogP contribution is -2.29. The van der Waals surface area contributed by atoms with Crippen LogP contribution in [-0.2, 0) is 13.0 Å². The summed E-state index contributed by atoms with van der Waals surface area (Å²) in [6, 6.07) is 14.4. The minimum atomic E-state index is -1.45. The molecule has 3 aromatic rings. The minimum Gasteiger partial charge on any atom is -0.423 e. The Morgan fingerprint density at radius 1 is 1.08 bits per heavy atom. The van der Waals surface area contributed by atoms with E-state index >= 15 is 0 Å². The molecule has 0 radical (unpaired) electrons. The molecule has 2 aromatic carbocycles. The van der Waals surface area contributed by atoms with Crippen LogP contribution in [0.1, 0.15) is 31.0 Å². The average molecular weight is 325 g/mol. The summed E-state index contributed by atoms with van der Waals surface area (Å²) in [5, 5.41) is 19.3. The van der Waals surface area contributed by atoms with Gasteiger partial charge in [-0.25, -0.2) is 4.39 Å². The molecular formula is C19H21BFNO2. The number of halogens is 1. The van der Waals surface area contributed by atoms with Crippen molar-refractivity contribution in [1.82, 2.24) is 4.57 Å². The third kappa shape index (κ3) is 3.37. The number of aryl methyl sites for hydroxylation is 1. The topological polar surface area (TPSA) is 45.4 Å². The smallest absolute Gasteiger partial charge is 0.423 e. The van der Waals surface area contributed by atoms with Gasteiger partial charge in [0.25, 0.3) is 0 Å². The van der Waals surface area contributed by atoms with Gasteiger partial charge in [-0.3, -0.25) is 0 Å². The molecule has 0 aliphatic rings.